The molecule has 1 aromatic carbocycles. The second kappa shape index (κ2) is 7.26. The van der Waals surface area contributed by atoms with Crippen molar-refractivity contribution in [1.82, 2.24) is 10.2 Å². The molecule has 2 rings (SSSR count). The van der Waals surface area contributed by atoms with Gasteiger partial charge in [0.25, 0.3) is 0 Å². The van der Waals surface area contributed by atoms with Gasteiger partial charge in [0.1, 0.15) is 5.75 Å². The lowest BCUT2D eigenvalue weighted by Crippen LogP contribution is -2.35. The lowest BCUT2D eigenvalue weighted by molar-refractivity contribution is -0.122. The van der Waals surface area contributed by atoms with Gasteiger partial charge in [-0.2, -0.15) is 0 Å². The van der Waals surface area contributed by atoms with Crippen molar-refractivity contribution >= 4 is 5.91 Å². The molecular weight excluding hydrogens is 256 g/mol. The number of nitrogens with one attached hydrogen (secondary N) is 1. The minimum absolute atomic E-state index is 0.0198. The van der Waals surface area contributed by atoms with Crippen LogP contribution in [0.5, 0.6) is 5.75 Å². The molecule has 5 heteroatoms. The number of carbonyl (C=O) groups excluding carboxylic acids is 1. The van der Waals surface area contributed by atoms with Crippen LogP contribution in [0.2, 0.25) is 0 Å². The van der Waals surface area contributed by atoms with Crippen LogP contribution in [0.15, 0.2) is 24.3 Å². The fourth-order valence-corrected chi connectivity index (χ4v) is 2.45. The number of methoxy groups -OCH3 is 1. The molecule has 0 radical (unpaired) electrons. The third-order valence-corrected chi connectivity index (χ3v) is 3.62. The second-order valence-corrected chi connectivity index (χ2v) is 5.20. The molecular formula is C15H22N2O3. The number of amides is 1. The fraction of sp³-hybridized carbons (Fsp3) is 0.533. The summed E-state index contributed by atoms with van der Waals surface area (Å²) in [5, 5.41) is 12.0. The topological polar surface area (TPSA) is 61.8 Å². The Morgan fingerprint density at radius 1 is 1.55 bits per heavy atom. The Hall–Kier alpha value is -1.59. The van der Waals surface area contributed by atoms with Gasteiger partial charge in [0.15, 0.2) is 0 Å². The quantitative estimate of drug-likeness (QED) is 0.801. The number of nitrogens with zero attached hydrogens (tertiary/aromatic N) is 1. The Labute approximate surface area is 119 Å². The van der Waals surface area contributed by atoms with Crippen LogP contribution in [0.4, 0.5) is 0 Å². The summed E-state index contributed by atoms with van der Waals surface area (Å²) in [6, 6.07) is 7.66. The normalized spacial score (nSPS) is 19.0. The van der Waals surface area contributed by atoms with Gasteiger partial charge in [-0.05, 0) is 36.6 Å². The summed E-state index contributed by atoms with van der Waals surface area (Å²) in [5.74, 6) is 1.13. The van der Waals surface area contributed by atoms with Gasteiger partial charge >= 0.3 is 0 Å². The van der Waals surface area contributed by atoms with Crippen molar-refractivity contribution in [3.05, 3.63) is 29.8 Å². The molecule has 0 aromatic heterocycles. The van der Waals surface area contributed by atoms with Gasteiger partial charge in [-0.1, -0.05) is 12.1 Å². The molecule has 5 nitrogen and oxygen atoms in total. The summed E-state index contributed by atoms with van der Waals surface area (Å²) in [7, 11) is 1.63. The van der Waals surface area contributed by atoms with Crippen LogP contribution in [-0.4, -0.2) is 49.3 Å². The van der Waals surface area contributed by atoms with Crippen molar-refractivity contribution in [3.63, 3.8) is 0 Å². The van der Waals surface area contributed by atoms with E-state index in [-0.39, 0.29) is 12.5 Å². The average Bonchev–Trinajstić information content (AvgIpc) is 2.93. The molecule has 1 amide bonds. The summed E-state index contributed by atoms with van der Waals surface area (Å²) in [6.45, 7) is 2.82. The van der Waals surface area contributed by atoms with Gasteiger partial charge in [-0.3, -0.25) is 9.69 Å². The summed E-state index contributed by atoms with van der Waals surface area (Å²) >= 11 is 0. The zero-order valence-corrected chi connectivity index (χ0v) is 11.8. The van der Waals surface area contributed by atoms with Crippen LogP contribution in [-0.2, 0) is 11.3 Å². The maximum absolute atomic E-state index is 11.9. The Kier molecular flexibility index (Phi) is 5.38. The highest BCUT2D eigenvalue weighted by Crippen LogP contribution is 2.15. The van der Waals surface area contributed by atoms with E-state index in [1.54, 1.807) is 7.11 Å². The monoisotopic (exact) mass is 278 g/mol. The second-order valence-electron chi connectivity index (χ2n) is 5.20. The van der Waals surface area contributed by atoms with Gasteiger partial charge in [0.05, 0.1) is 13.7 Å². The first-order chi connectivity index (χ1) is 9.71. The molecule has 1 aliphatic heterocycles. The predicted molar refractivity (Wildman–Crippen MR) is 76.5 cm³/mol. The van der Waals surface area contributed by atoms with Crippen LogP contribution in [0.25, 0.3) is 0 Å². The van der Waals surface area contributed by atoms with Crippen molar-refractivity contribution in [2.45, 2.75) is 13.0 Å². The lowest BCUT2D eigenvalue weighted by atomic mass is 10.1. The molecule has 0 spiro atoms. The summed E-state index contributed by atoms with van der Waals surface area (Å²) in [4.78, 5) is 14.0. The summed E-state index contributed by atoms with van der Waals surface area (Å²) < 4.78 is 5.15. The Morgan fingerprint density at radius 3 is 3.10 bits per heavy atom. The first-order valence-electron chi connectivity index (χ1n) is 6.94. The van der Waals surface area contributed by atoms with Crippen LogP contribution in [0.1, 0.15) is 12.0 Å². The number of aliphatic hydroxyl groups excluding tert-OH is 1. The van der Waals surface area contributed by atoms with Crippen molar-refractivity contribution < 1.29 is 14.6 Å². The molecule has 110 valence electrons. The van der Waals surface area contributed by atoms with E-state index in [0.717, 1.165) is 30.8 Å². The predicted octanol–water partition coefficient (Wildman–Crippen LogP) is 0.626. The number of hydrogen-bond donors (Lipinski definition) is 2. The third-order valence-electron chi connectivity index (χ3n) is 3.62. The number of carbonyl (C=O) groups is 1. The maximum Gasteiger partial charge on any atom is 0.234 e. The van der Waals surface area contributed by atoms with E-state index >= 15 is 0 Å². The average molecular weight is 278 g/mol. The highest BCUT2D eigenvalue weighted by molar-refractivity contribution is 5.78. The van der Waals surface area contributed by atoms with E-state index < -0.39 is 0 Å². The van der Waals surface area contributed by atoms with Crippen molar-refractivity contribution in [2.24, 2.45) is 5.92 Å². The van der Waals surface area contributed by atoms with E-state index in [0.29, 0.717) is 19.0 Å². The van der Waals surface area contributed by atoms with Gasteiger partial charge < -0.3 is 15.2 Å². The van der Waals surface area contributed by atoms with Gasteiger partial charge in [0, 0.05) is 19.7 Å². The molecule has 1 unspecified atom stereocenters. The molecule has 1 saturated heterocycles. The van der Waals surface area contributed by atoms with E-state index in [2.05, 4.69) is 10.2 Å². The molecule has 1 aromatic rings. The first-order valence-corrected chi connectivity index (χ1v) is 6.94. The summed E-state index contributed by atoms with van der Waals surface area (Å²) in [5.41, 5.74) is 1.02. The Morgan fingerprint density at radius 2 is 2.40 bits per heavy atom. The van der Waals surface area contributed by atoms with Crippen molar-refractivity contribution in [2.75, 3.05) is 33.4 Å². The van der Waals surface area contributed by atoms with Gasteiger partial charge in [0.2, 0.25) is 5.91 Å². The highest BCUT2D eigenvalue weighted by Gasteiger charge is 2.23. The summed E-state index contributed by atoms with van der Waals surface area (Å²) in [6.07, 6.45) is 0.972. The Bertz CT molecular complexity index is 450. The van der Waals surface area contributed by atoms with E-state index in [1.807, 2.05) is 24.3 Å². The number of hydrogen-bond acceptors (Lipinski definition) is 4. The molecule has 1 heterocycles. The van der Waals surface area contributed by atoms with Gasteiger partial charge in [-0.25, -0.2) is 0 Å². The number of aliphatic hydroxyl groups is 1. The van der Waals surface area contributed by atoms with Crippen LogP contribution >= 0.6 is 0 Å². The third kappa shape index (κ3) is 4.21. The number of benzene rings is 1. The first kappa shape index (κ1) is 14.8. The molecule has 0 saturated carbocycles. The van der Waals surface area contributed by atoms with E-state index in [9.17, 15) is 4.79 Å². The number of likely N-dealkylation sites (tertiary alicyclic amines) is 1. The minimum atomic E-state index is 0.0198. The SMILES string of the molecule is COc1cccc(CNC(=O)CN2CCC(CO)C2)c1. The van der Waals surface area contributed by atoms with E-state index in [4.69, 9.17) is 9.84 Å². The van der Waals surface area contributed by atoms with Crippen molar-refractivity contribution in [3.8, 4) is 5.75 Å². The molecule has 2 N–H and O–H groups in total. The largest absolute Gasteiger partial charge is 0.497 e. The maximum atomic E-state index is 11.9. The Balaban J connectivity index is 1.75. The van der Waals surface area contributed by atoms with Crippen LogP contribution in [0.3, 0.4) is 0 Å². The van der Waals surface area contributed by atoms with E-state index in [1.165, 1.54) is 0 Å². The molecule has 0 aliphatic carbocycles. The smallest absolute Gasteiger partial charge is 0.234 e. The van der Waals surface area contributed by atoms with Crippen LogP contribution in [0, 0.1) is 5.92 Å². The zero-order valence-electron chi connectivity index (χ0n) is 11.8. The number of rotatable bonds is 6. The number of ether oxygens (including phenoxy) is 1. The van der Waals surface area contributed by atoms with Crippen LogP contribution < -0.4 is 10.1 Å². The molecule has 0 bridgehead atoms. The lowest BCUT2D eigenvalue weighted by Gasteiger charge is -2.15. The minimum Gasteiger partial charge on any atom is -0.497 e. The molecule has 1 atom stereocenters. The standard InChI is InChI=1S/C15H22N2O3/c1-20-14-4-2-3-12(7-14)8-16-15(19)10-17-6-5-13(9-17)11-18/h2-4,7,13,18H,5-6,8-11H2,1H3,(H,16,19). The molecule has 20 heavy (non-hydrogen) atoms. The highest BCUT2D eigenvalue weighted by atomic mass is 16.5. The van der Waals surface area contributed by atoms with Gasteiger partial charge in [-0.15, -0.1) is 0 Å². The zero-order chi connectivity index (χ0) is 14.4. The molecule has 1 aliphatic rings. The van der Waals surface area contributed by atoms with Crippen molar-refractivity contribution in [1.29, 1.82) is 0 Å². The molecule has 1 fully saturated rings. The fourth-order valence-electron chi connectivity index (χ4n) is 2.45.